The molecule has 3 rings (SSSR count). The number of halogens is 1. The summed E-state index contributed by atoms with van der Waals surface area (Å²) < 4.78 is 23.6. The van der Waals surface area contributed by atoms with Crippen LogP contribution in [0.25, 0.3) is 0 Å². The predicted molar refractivity (Wildman–Crippen MR) is 83.7 cm³/mol. The van der Waals surface area contributed by atoms with Crippen LogP contribution in [-0.2, 0) is 11.4 Å². The number of carbonyl (C=O) groups is 1. The first-order chi connectivity index (χ1) is 11.1. The van der Waals surface area contributed by atoms with E-state index in [0.717, 1.165) is 6.42 Å². The van der Waals surface area contributed by atoms with Crippen molar-refractivity contribution in [3.05, 3.63) is 34.6 Å². The molecule has 1 amide bonds. The molecule has 0 aromatic carbocycles. The number of ether oxygens (including phenoxy) is 2. The minimum absolute atomic E-state index is 0.00112. The van der Waals surface area contributed by atoms with Crippen LogP contribution in [0.2, 0.25) is 0 Å². The molecule has 0 saturated carbocycles. The summed E-state index contributed by atoms with van der Waals surface area (Å²) in [5.74, 6) is 0.183. The zero-order chi connectivity index (χ0) is 16.2. The van der Waals surface area contributed by atoms with Gasteiger partial charge in [-0.15, -0.1) is 11.3 Å². The Hall–Kier alpha value is -2.06. The Morgan fingerprint density at radius 1 is 1.52 bits per heavy atom. The van der Waals surface area contributed by atoms with E-state index in [2.05, 4.69) is 15.3 Å². The van der Waals surface area contributed by atoms with Crippen molar-refractivity contribution in [2.75, 3.05) is 18.5 Å². The fourth-order valence-corrected chi connectivity index (χ4v) is 2.89. The molecule has 3 heterocycles. The molecule has 1 aliphatic rings. The maximum atomic E-state index is 12.5. The third-order valence-electron chi connectivity index (χ3n) is 3.26. The van der Waals surface area contributed by atoms with Crippen LogP contribution in [0.15, 0.2) is 17.5 Å². The molecule has 1 unspecified atom stereocenters. The lowest BCUT2D eigenvalue weighted by Gasteiger charge is -2.13. The molecule has 1 aliphatic heterocycles. The molecule has 122 valence electrons. The number of hydrogen-bond donors (Lipinski definition) is 1. The van der Waals surface area contributed by atoms with Gasteiger partial charge in [-0.2, -0.15) is 0 Å². The van der Waals surface area contributed by atoms with E-state index in [4.69, 9.17) is 9.47 Å². The first-order valence-electron chi connectivity index (χ1n) is 7.19. The van der Waals surface area contributed by atoms with Gasteiger partial charge in [0.2, 0.25) is 0 Å². The SMILES string of the molecule is Cc1cc(OC2CCOC2)cc(C(=O)Nc2nc(CF)cs2)n1. The van der Waals surface area contributed by atoms with Gasteiger partial charge in [0, 0.05) is 29.6 Å². The molecule has 0 aliphatic carbocycles. The number of alkyl halides is 1. The molecule has 0 bridgehead atoms. The van der Waals surface area contributed by atoms with Gasteiger partial charge in [-0.05, 0) is 6.92 Å². The lowest BCUT2D eigenvalue weighted by Crippen LogP contribution is -2.18. The Bertz CT molecular complexity index is 701. The molecule has 1 fully saturated rings. The molecule has 6 nitrogen and oxygen atoms in total. The minimum atomic E-state index is -0.656. The van der Waals surface area contributed by atoms with E-state index < -0.39 is 12.6 Å². The van der Waals surface area contributed by atoms with Crippen LogP contribution < -0.4 is 10.1 Å². The van der Waals surface area contributed by atoms with Gasteiger partial charge in [-0.3, -0.25) is 10.1 Å². The summed E-state index contributed by atoms with van der Waals surface area (Å²) in [5.41, 5.74) is 1.21. The molecule has 23 heavy (non-hydrogen) atoms. The number of aromatic nitrogens is 2. The highest BCUT2D eigenvalue weighted by molar-refractivity contribution is 7.13. The number of thiazole rings is 1. The molecule has 8 heteroatoms. The standard InChI is InChI=1S/C15H16FN3O3S/c1-9-4-12(22-11-2-3-21-7-11)5-13(17-9)14(20)19-15-18-10(6-16)8-23-15/h4-5,8,11H,2-3,6-7H2,1H3,(H,18,19,20). The second kappa shape index (κ2) is 7.01. The van der Waals surface area contributed by atoms with E-state index in [-0.39, 0.29) is 11.8 Å². The lowest BCUT2D eigenvalue weighted by molar-refractivity contribution is 0.102. The Kier molecular flexibility index (Phi) is 4.82. The zero-order valence-corrected chi connectivity index (χ0v) is 13.4. The number of anilines is 1. The topological polar surface area (TPSA) is 73.3 Å². The average Bonchev–Trinajstić information content (AvgIpc) is 3.18. The summed E-state index contributed by atoms with van der Waals surface area (Å²) in [7, 11) is 0. The van der Waals surface area contributed by atoms with E-state index in [1.54, 1.807) is 24.4 Å². The first kappa shape index (κ1) is 15.8. The van der Waals surface area contributed by atoms with Gasteiger partial charge < -0.3 is 9.47 Å². The van der Waals surface area contributed by atoms with E-state index in [9.17, 15) is 9.18 Å². The number of nitrogens with zero attached hydrogens (tertiary/aromatic N) is 2. The van der Waals surface area contributed by atoms with Crippen molar-refractivity contribution >= 4 is 22.4 Å². The van der Waals surface area contributed by atoms with Gasteiger partial charge in [0.15, 0.2) is 5.13 Å². The normalized spacial score (nSPS) is 17.2. The van der Waals surface area contributed by atoms with Crippen molar-refractivity contribution in [2.45, 2.75) is 26.1 Å². The molecular weight excluding hydrogens is 321 g/mol. The van der Waals surface area contributed by atoms with E-state index in [1.807, 2.05) is 0 Å². The molecule has 2 aromatic heterocycles. The Morgan fingerprint density at radius 2 is 2.39 bits per heavy atom. The van der Waals surface area contributed by atoms with Crippen LogP contribution in [0, 0.1) is 6.92 Å². The van der Waals surface area contributed by atoms with Gasteiger partial charge in [-0.25, -0.2) is 14.4 Å². The van der Waals surface area contributed by atoms with Crippen LogP contribution in [0.1, 0.15) is 28.3 Å². The average molecular weight is 337 g/mol. The number of carbonyl (C=O) groups excluding carboxylic acids is 1. The zero-order valence-electron chi connectivity index (χ0n) is 12.5. The first-order valence-corrected chi connectivity index (χ1v) is 8.07. The number of rotatable bonds is 5. The second-order valence-electron chi connectivity index (χ2n) is 5.16. The summed E-state index contributed by atoms with van der Waals surface area (Å²) in [6.07, 6.45) is 0.826. The van der Waals surface area contributed by atoms with Gasteiger partial charge in [0.05, 0.1) is 18.9 Å². The van der Waals surface area contributed by atoms with Gasteiger partial charge in [0.25, 0.3) is 5.91 Å². The fraction of sp³-hybridized carbons (Fsp3) is 0.400. The summed E-state index contributed by atoms with van der Waals surface area (Å²) in [6, 6.07) is 3.37. The van der Waals surface area contributed by atoms with Crippen LogP contribution >= 0.6 is 11.3 Å². The van der Waals surface area contributed by atoms with E-state index in [0.29, 0.717) is 35.5 Å². The van der Waals surface area contributed by atoms with Crippen molar-refractivity contribution in [1.82, 2.24) is 9.97 Å². The van der Waals surface area contributed by atoms with Gasteiger partial charge >= 0.3 is 0 Å². The van der Waals surface area contributed by atoms with Crippen LogP contribution in [0.3, 0.4) is 0 Å². The van der Waals surface area contributed by atoms with Crippen LogP contribution in [0.4, 0.5) is 9.52 Å². The van der Waals surface area contributed by atoms with Crippen molar-refractivity contribution in [3.8, 4) is 5.75 Å². The molecule has 1 saturated heterocycles. The molecular formula is C15H16FN3O3S. The van der Waals surface area contributed by atoms with Gasteiger partial charge in [-0.1, -0.05) is 0 Å². The number of pyridine rings is 1. The number of aryl methyl sites for hydroxylation is 1. The molecule has 1 N–H and O–H groups in total. The maximum Gasteiger partial charge on any atom is 0.276 e. The highest BCUT2D eigenvalue weighted by Gasteiger charge is 2.19. The van der Waals surface area contributed by atoms with Crippen molar-refractivity contribution in [1.29, 1.82) is 0 Å². The number of hydrogen-bond acceptors (Lipinski definition) is 6. The number of amides is 1. The third kappa shape index (κ3) is 4.02. The summed E-state index contributed by atoms with van der Waals surface area (Å²) >= 11 is 1.17. The van der Waals surface area contributed by atoms with Crippen molar-refractivity contribution in [2.24, 2.45) is 0 Å². The summed E-state index contributed by atoms with van der Waals surface area (Å²) in [4.78, 5) is 20.4. The Balaban J connectivity index is 1.72. The quantitative estimate of drug-likeness (QED) is 0.908. The molecule has 0 spiro atoms. The monoisotopic (exact) mass is 337 g/mol. The van der Waals surface area contributed by atoms with Crippen LogP contribution in [0.5, 0.6) is 5.75 Å². The van der Waals surface area contributed by atoms with Crippen LogP contribution in [-0.4, -0.2) is 35.2 Å². The second-order valence-corrected chi connectivity index (χ2v) is 6.02. The third-order valence-corrected chi connectivity index (χ3v) is 4.07. The lowest BCUT2D eigenvalue weighted by atomic mass is 10.2. The molecule has 0 radical (unpaired) electrons. The minimum Gasteiger partial charge on any atom is -0.488 e. The molecule has 1 atom stereocenters. The smallest absolute Gasteiger partial charge is 0.276 e. The summed E-state index contributed by atoms with van der Waals surface area (Å²) in [6.45, 7) is 2.37. The summed E-state index contributed by atoms with van der Waals surface area (Å²) in [5, 5.41) is 4.53. The number of nitrogens with one attached hydrogen (secondary N) is 1. The predicted octanol–water partition coefficient (Wildman–Crippen LogP) is 2.74. The Labute approximate surface area is 136 Å². The fourth-order valence-electron chi connectivity index (χ4n) is 2.21. The largest absolute Gasteiger partial charge is 0.488 e. The molecule has 2 aromatic rings. The Morgan fingerprint density at radius 3 is 3.09 bits per heavy atom. The maximum absolute atomic E-state index is 12.5. The van der Waals surface area contributed by atoms with Gasteiger partial charge in [0.1, 0.15) is 24.2 Å². The van der Waals surface area contributed by atoms with E-state index in [1.165, 1.54) is 11.3 Å². The highest BCUT2D eigenvalue weighted by atomic mass is 32.1. The van der Waals surface area contributed by atoms with E-state index >= 15 is 0 Å². The van der Waals surface area contributed by atoms with Crippen molar-refractivity contribution < 1.29 is 18.7 Å². The van der Waals surface area contributed by atoms with Crippen molar-refractivity contribution in [3.63, 3.8) is 0 Å². The highest BCUT2D eigenvalue weighted by Crippen LogP contribution is 2.21.